The number of hydrogen-bond acceptors (Lipinski definition) is 4. The Balaban J connectivity index is 2.29. The third kappa shape index (κ3) is 3.11. The van der Waals surface area contributed by atoms with Gasteiger partial charge >= 0.3 is 5.97 Å². The summed E-state index contributed by atoms with van der Waals surface area (Å²) in [6.07, 6.45) is 0. The summed E-state index contributed by atoms with van der Waals surface area (Å²) in [5, 5.41) is 12.5. The molecule has 0 bridgehead atoms. The highest BCUT2D eigenvalue weighted by Gasteiger charge is 2.15. The maximum Gasteiger partial charge on any atom is 0.337 e. The number of aryl methyl sites for hydroxylation is 1. The van der Waals surface area contributed by atoms with Gasteiger partial charge in [0.25, 0.3) is 0 Å². The highest BCUT2D eigenvalue weighted by molar-refractivity contribution is 7.12. The Morgan fingerprint density at radius 2 is 2.10 bits per heavy atom. The molecule has 1 atom stereocenters. The van der Waals surface area contributed by atoms with Gasteiger partial charge < -0.3 is 15.2 Å². The Morgan fingerprint density at radius 3 is 2.65 bits per heavy atom. The van der Waals surface area contributed by atoms with E-state index < -0.39 is 5.97 Å². The van der Waals surface area contributed by atoms with E-state index >= 15 is 0 Å². The molecular weight excluding hydrogens is 274 g/mol. The van der Waals surface area contributed by atoms with Gasteiger partial charge in [0, 0.05) is 15.8 Å². The number of carbonyl (C=O) groups is 1. The van der Waals surface area contributed by atoms with E-state index in [-0.39, 0.29) is 11.6 Å². The Labute approximate surface area is 122 Å². The molecule has 2 rings (SSSR count). The number of anilines is 1. The number of hydrogen-bond donors (Lipinski definition) is 2. The van der Waals surface area contributed by atoms with Crippen molar-refractivity contribution in [2.75, 3.05) is 12.4 Å². The summed E-state index contributed by atoms with van der Waals surface area (Å²) in [6.45, 7) is 4.06. The number of aromatic carboxylic acids is 1. The number of thiophene rings is 1. The number of benzene rings is 1. The quantitative estimate of drug-likeness (QED) is 0.876. The maximum absolute atomic E-state index is 11.3. The molecule has 0 radical (unpaired) electrons. The first-order valence-corrected chi connectivity index (χ1v) is 7.07. The van der Waals surface area contributed by atoms with Gasteiger partial charge in [-0.15, -0.1) is 11.3 Å². The molecule has 0 saturated heterocycles. The van der Waals surface area contributed by atoms with E-state index in [2.05, 4.69) is 24.4 Å². The van der Waals surface area contributed by atoms with Gasteiger partial charge in [0.2, 0.25) is 0 Å². The van der Waals surface area contributed by atoms with E-state index in [0.717, 1.165) is 0 Å². The van der Waals surface area contributed by atoms with Crippen molar-refractivity contribution in [1.29, 1.82) is 0 Å². The zero-order valence-corrected chi connectivity index (χ0v) is 12.5. The Kier molecular flexibility index (Phi) is 4.29. The summed E-state index contributed by atoms with van der Waals surface area (Å²) in [5.74, 6) is -0.322. The SMILES string of the molecule is COc1ccc(C(=O)O)c(NC(C)c2ccc(C)s2)c1. The molecule has 2 aromatic rings. The first kappa shape index (κ1) is 14.4. The Hall–Kier alpha value is -2.01. The van der Waals surface area contributed by atoms with Crippen molar-refractivity contribution in [2.24, 2.45) is 0 Å². The van der Waals surface area contributed by atoms with Crippen LogP contribution in [0.25, 0.3) is 0 Å². The molecule has 0 saturated carbocycles. The fourth-order valence-electron chi connectivity index (χ4n) is 1.95. The fraction of sp³-hybridized carbons (Fsp3) is 0.267. The lowest BCUT2D eigenvalue weighted by atomic mass is 10.1. The normalized spacial score (nSPS) is 11.9. The molecule has 0 spiro atoms. The minimum absolute atomic E-state index is 0.0407. The van der Waals surface area contributed by atoms with Crippen LogP contribution in [0.2, 0.25) is 0 Å². The van der Waals surface area contributed by atoms with Crippen LogP contribution in [0.4, 0.5) is 5.69 Å². The summed E-state index contributed by atoms with van der Waals surface area (Å²) in [4.78, 5) is 13.7. The first-order chi connectivity index (χ1) is 9.51. The van der Waals surface area contributed by atoms with Gasteiger partial charge in [-0.25, -0.2) is 4.79 Å². The van der Waals surface area contributed by atoms with Crippen molar-refractivity contribution in [1.82, 2.24) is 0 Å². The predicted octanol–water partition coefficient (Wildman–Crippen LogP) is 3.94. The van der Waals surface area contributed by atoms with E-state index in [0.29, 0.717) is 11.4 Å². The highest BCUT2D eigenvalue weighted by Crippen LogP contribution is 2.29. The topological polar surface area (TPSA) is 58.6 Å². The zero-order valence-electron chi connectivity index (χ0n) is 11.6. The highest BCUT2D eigenvalue weighted by atomic mass is 32.1. The summed E-state index contributed by atoms with van der Waals surface area (Å²) >= 11 is 1.70. The molecule has 1 aromatic carbocycles. The average Bonchev–Trinajstić information content (AvgIpc) is 2.85. The molecule has 0 fully saturated rings. The molecule has 106 valence electrons. The van der Waals surface area contributed by atoms with Crippen molar-refractivity contribution in [3.05, 3.63) is 45.6 Å². The second-order valence-corrected chi connectivity index (χ2v) is 5.85. The maximum atomic E-state index is 11.3. The molecule has 1 heterocycles. The molecule has 0 aliphatic heterocycles. The van der Waals surface area contributed by atoms with Crippen molar-refractivity contribution in [3.8, 4) is 5.75 Å². The van der Waals surface area contributed by atoms with E-state index in [9.17, 15) is 9.90 Å². The number of carboxylic acids is 1. The van der Waals surface area contributed by atoms with E-state index in [1.54, 1.807) is 36.6 Å². The Morgan fingerprint density at radius 1 is 1.35 bits per heavy atom. The number of rotatable bonds is 5. The van der Waals surface area contributed by atoms with Crippen LogP contribution in [0.15, 0.2) is 30.3 Å². The van der Waals surface area contributed by atoms with E-state index in [1.165, 1.54) is 9.75 Å². The molecule has 2 N–H and O–H groups in total. The van der Waals surface area contributed by atoms with Gasteiger partial charge in [0.15, 0.2) is 0 Å². The van der Waals surface area contributed by atoms with Gasteiger partial charge in [0.1, 0.15) is 5.75 Å². The monoisotopic (exact) mass is 291 g/mol. The van der Waals surface area contributed by atoms with Gasteiger partial charge in [-0.3, -0.25) is 0 Å². The third-order valence-electron chi connectivity index (χ3n) is 3.02. The van der Waals surface area contributed by atoms with Crippen LogP contribution >= 0.6 is 11.3 Å². The molecule has 0 aliphatic rings. The first-order valence-electron chi connectivity index (χ1n) is 6.25. The van der Waals surface area contributed by atoms with Crippen LogP contribution in [0, 0.1) is 6.92 Å². The second-order valence-electron chi connectivity index (χ2n) is 4.53. The summed E-state index contributed by atoms with van der Waals surface area (Å²) in [6, 6.07) is 9.06. The molecule has 4 nitrogen and oxygen atoms in total. The van der Waals surface area contributed by atoms with E-state index in [4.69, 9.17) is 4.74 Å². The second kappa shape index (κ2) is 5.96. The zero-order chi connectivity index (χ0) is 14.7. The van der Waals surface area contributed by atoms with Crippen LogP contribution in [-0.4, -0.2) is 18.2 Å². The van der Waals surface area contributed by atoms with Crippen LogP contribution < -0.4 is 10.1 Å². The summed E-state index contributed by atoms with van der Waals surface area (Å²) < 4.78 is 5.15. The molecule has 1 unspecified atom stereocenters. The van der Waals surface area contributed by atoms with Crippen LogP contribution in [-0.2, 0) is 0 Å². The van der Waals surface area contributed by atoms with Gasteiger partial charge in [0.05, 0.1) is 24.4 Å². The lowest BCUT2D eigenvalue weighted by Crippen LogP contribution is -2.10. The van der Waals surface area contributed by atoms with Gasteiger partial charge in [-0.1, -0.05) is 0 Å². The minimum Gasteiger partial charge on any atom is -0.497 e. The lowest BCUT2D eigenvalue weighted by molar-refractivity contribution is 0.0698. The molecular formula is C15H17NO3S. The molecule has 5 heteroatoms. The minimum atomic E-state index is -0.954. The number of methoxy groups -OCH3 is 1. The number of carboxylic acid groups (broad SMARTS) is 1. The number of nitrogens with one attached hydrogen (secondary N) is 1. The van der Waals surface area contributed by atoms with Crippen molar-refractivity contribution in [3.63, 3.8) is 0 Å². The average molecular weight is 291 g/mol. The molecule has 0 aliphatic carbocycles. The summed E-state index contributed by atoms with van der Waals surface area (Å²) in [5.41, 5.74) is 0.807. The predicted molar refractivity (Wildman–Crippen MR) is 81.0 cm³/mol. The van der Waals surface area contributed by atoms with Crippen LogP contribution in [0.1, 0.15) is 33.1 Å². The molecule has 0 amide bonds. The van der Waals surface area contributed by atoms with E-state index in [1.807, 2.05) is 6.92 Å². The standard InChI is InChI=1S/C15H17NO3S/c1-9-4-7-14(20-9)10(2)16-13-8-11(19-3)5-6-12(13)15(17)18/h4-8,10,16H,1-3H3,(H,17,18). The lowest BCUT2D eigenvalue weighted by Gasteiger charge is -2.16. The molecule has 20 heavy (non-hydrogen) atoms. The Bertz CT molecular complexity index is 621. The summed E-state index contributed by atoms with van der Waals surface area (Å²) in [7, 11) is 1.56. The third-order valence-corrected chi connectivity index (χ3v) is 4.20. The van der Waals surface area contributed by atoms with Crippen LogP contribution in [0.5, 0.6) is 5.75 Å². The van der Waals surface area contributed by atoms with Gasteiger partial charge in [-0.2, -0.15) is 0 Å². The van der Waals surface area contributed by atoms with Crippen LogP contribution in [0.3, 0.4) is 0 Å². The largest absolute Gasteiger partial charge is 0.497 e. The van der Waals surface area contributed by atoms with Gasteiger partial charge in [-0.05, 0) is 38.1 Å². The van der Waals surface area contributed by atoms with Crippen molar-refractivity contribution in [2.45, 2.75) is 19.9 Å². The van der Waals surface area contributed by atoms with Crippen molar-refractivity contribution >= 4 is 23.0 Å². The number of ether oxygens (including phenoxy) is 1. The fourth-order valence-corrected chi connectivity index (χ4v) is 2.83. The smallest absolute Gasteiger partial charge is 0.337 e. The molecule has 1 aromatic heterocycles. The van der Waals surface area contributed by atoms with Crippen molar-refractivity contribution < 1.29 is 14.6 Å².